The Morgan fingerprint density at radius 2 is 2.19 bits per heavy atom. The van der Waals surface area contributed by atoms with Gasteiger partial charge in [-0.15, -0.1) is 0 Å². The van der Waals surface area contributed by atoms with Crippen LogP contribution in [-0.4, -0.2) is 34.4 Å². The standard InChI is InChI=1S/C16H26O5/c1-11(5-4-6-12(2)15(18)19)13-7-8-16(3,20)14(9-13)21-10-17/h5,10,12-14,20H,4,6-9H2,1-3H3,(H,18,19)/b11-5+/t12-,13+,14+,16-/m1/s1. The number of carbonyl (C=O) groups excluding carboxylic acids is 1. The fourth-order valence-corrected chi connectivity index (χ4v) is 2.79. The third kappa shape index (κ3) is 5.16. The molecule has 0 unspecified atom stereocenters. The van der Waals surface area contributed by atoms with Crippen LogP contribution in [-0.2, 0) is 14.3 Å². The van der Waals surface area contributed by atoms with E-state index in [0.29, 0.717) is 25.7 Å². The summed E-state index contributed by atoms with van der Waals surface area (Å²) in [6.07, 6.45) is 4.99. The van der Waals surface area contributed by atoms with Crippen molar-refractivity contribution in [1.29, 1.82) is 0 Å². The molecular formula is C16H26O5. The monoisotopic (exact) mass is 298 g/mol. The summed E-state index contributed by atoms with van der Waals surface area (Å²) < 4.78 is 5.02. The lowest BCUT2D eigenvalue weighted by atomic mass is 9.75. The van der Waals surface area contributed by atoms with Crippen molar-refractivity contribution < 1.29 is 24.5 Å². The van der Waals surface area contributed by atoms with Crippen LogP contribution in [0.1, 0.15) is 52.9 Å². The predicted molar refractivity (Wildman–Crippen MR) is 78.7 cm³/mol. The second-order valence-corrected chi connectivity index (χ2v) is 6.31. The molecule has 4 atom stereocenters. The number of carbonyl (C=O) groups is 2. The first-order chi connectivity index (χ1) is 9.77. The van der Waals surface area contributed by atoms with Crippen molar-refractivity contribution in [2.75, 3.05) is 0 Å². The Labute approximate surface area is 126 Å². The van der Waals surface area contributed by atoms with Crippen LogP contribution in [0.3, 0.4) is 0 Å². The molecule has 5 heteroatoms. The van der Waals surface area contributed by atoms with Gasteiger partial charge in [0.2, 0.25) is 0 Å². The Morgan fingerprint density at radius 1 is 1.52 bits per heavy atom. The van der Waals surface area contributed by atoms with E-state index in [0.717, 1.165) is 12.8 Å². The van der Waals surface area contributed by atoms with Gasteiger partial charge in [0.25, 0.3) is 6.47 Å². The first-order valence-electron chi connectivity index (χ1n) is 7.49. The van der Waals surface area contributed by atoms with E-state index in [9.17, 15) is 14.7 Å². The summed E-state index contributed by atoms with van der Waals surface area (Å²) >= 11 is 0. The average molecular weight is 298 g/mol. The van der Waals surface area contributed by atoms with E-state index in [-0.39, 0.29) is 11.8 Å². The fourth-order valence-electron chi connectivity index (χ4n) is 2.79. The van der Waals surface area contributed by atoms with E-state index in [1.165, 1.54) is 5.57 Å². The summed E-state index contributed by atoms with van der Waals surface area (Å²) in [5.74, 6) is -0.836. The van der Waals surface area contributed by atoms with Crippen LogP contribution in [0.15, 0.2) is 11.6 Å². The summed E-state index contributed by atoms with van der Waals surface area (Å²) in [6.45, 7) is 5.82. The molecule has 120 valence electrons. The van der Waals surface area contributed by atoms with Gasteiger partial charge in [-0.05, 0) is 51.9 Å². The lowest BCUT2D eigenvalue weighted by Gasteiger charge is -2.39. The zero-order chi connectivity index (χ0) is 16.0. The van der Waals surface area contributed by atoms with Gasteiger partial charge in [-0.25, -0.2) is 0 Å². The number of carboxylic acids is 1. The highest BCUT2D eigenvalue weighted by Gasteiger charge is 2.40. The number of rotatable bonds is 7. The molecule has 5 nitrogen and oxygen atoms in total. The molecule has 21 heavy (non-hydrogen) atoms. The number of aliphatic hydroxyl groups is 1. The van der Waals surface area contributed by atoms with E-state index in [1.54, 1.807) is 13.8 Å². The van der Waals surface area contributed by atoms with Gasteiger partial charge in [0, 0.05) is 0 Å². The quantitative estimate of drug-likeness (QED) is 0.557. The molecule has 0 spiro atoms. The molecule has 2 N–H and O–H groups in total. The van der Waals surface area contributed by atoms with Crippen molar-refractivity contribution in [2.45, 2.75) is 64.6 Å². The third-order valence-electron chi connectivity index (χ3n) is 4.54. The minimum Gasteiger partial charge on any atom is -0.481 e. The van der Waals surface area contributed by atoms with Crippen molar-refractivity contribution >= 4 is 12.4 Å². The molecule has 1 aliphatic rings. The van der Waals surface area contributed by atoms with E-state index < -0.39 is 17.7 Å². The number of carboxylic acid groups (broad SMARTS) is 1. The fraction of sp³-hybridized carbons (Fsp3) is 0.750. The summed E-state index contributed by atoms with van der Waals surface area (Å²) in [4.78, 5) is 21.3. The number of ether oxygens (including phenoxy) is 1. The van der Waals surface area contributed by atoms with Gasteiger partial charge in [0.1, 0.15) is 6.10 Å². The van der Waals surface area contributed by atoms with E-state index >= 15 is 0 Å². The largest absolute Gasteiger partial charge is 0.481 e. The van der Waals surface area contributed by atoms with Crippen molar-refractivity contribution in [2.24, 2.45) is 11.8 Å². The number of hydrogen-bond acceptors (Lipinski definition) is 4. The molecule has 0 aromatic rings. The Morgan fingerprint density at radius 3 is 2.76 bits per heavy atom. The summed E-state index contributed by atoms with van der Waals surface area (Å²) in [5, 5.41) is 19.1. The van der Waals surface area contributed by atoms with Gasteiger partial charge < -0.3 is 14.9 Å². The Hall–Kier alpha value is -1.36. The SMILES string of the molecule is C/C(=C\CC[C@@H](C)C(=O)O)[C@H]1CC[C@@](C)(O)[C@@H](OC=O)C1. The summed E-state index contributed by atoms with van der Waals surface area (Å²) in [5.41, 5.74) is 0.220. The van der Waals surface area contributed by atoms with Gasteiger partial charge in [-0.2, -0.15) is 0 Å². The second kappa shape index (κ2) is 7.59. The molecule has 0 aliphatic heterocycles. The Balaban J connectivity index is 2.56. The minimum atomic E-state index is -0.963. The molecule has 1 fully saturated rings. The van der Waals surface area contributed by atoms with E-state index in [2.05, 4.69) is 6.08 Å². The van der Waals surface area contributed by atoms with Crippen LogP contribution >= 0.6 is 0 Å². The van der Waals surface area contributed by atoms with Crippen molar-refractivity contribution in [3.05, 3.63) is 11.6 Å². The number of allylic oxidation sites excluding steroid dienone is 2. The molecular weight excluding hydrogens is 272 g/mol. The molecule has 0 heterocycles. The molecule has 0 radical (unpaired) electrons. The van der Waals surface area contributed by atoms with Gasteiger partial charge in [0.15, 0.2) is 0 Å². The van der Waals surface area contributed by atoms with Crippen molar-refractivity contribution in [3.8, 4) is 0 Å². The van der Waals surface area contributed by atoms with Crippen molar-refractivity contribution in [1.82, 2.24) is 0 Å². The highest BCUT2D eigenvalue weighted by molar-refractivity contribution is 5.69. The predicted octanol–water partition coefficient (Wildman–Crippen LogP) is 2.53. The highest BCUT2D eigenvalue weighted by atomic mass is 16.5. The third-order valence-corrected chi connectivity index (χ3v) is 4.54. The van der Waals surface area contributed by atoms with Gasteiger partial charge in [-0.1, -0.05) is 18.6 Å². The molecule has 0 saturated heterocycles. The van der Waals surface area contributed by atoms with Gasteiger partial charge >= 0.3 is 5.97 Å². The normalized spacial score (nSPS) is 31.5. The second-order valence-electron chi connectivity index (χ2n) is 6.31. The molecule has 1 saturated carbocycles. The number of aliphatic carboxylic acids is 1. The lowest BCUT2D eigenvalue weighted by molar-refractivity contribution is -0.156. The lowest BCUT2D eigenvalue weighted by Crippen LogP contribution is -2.46. The van der Waals surface area contributed by atoms with Crippen molar-refractivity contribution in [3.63, 3.8) is 0 Å². The van der Waals surface area contributed by atoms with Gasteiger partial charge in [0.05, 0.1) is 11.5 Å². The maximum atomic E-state index is 10.8. The first-order valence-corrected chi connectivity index (χ1v) is 7.49. The topological polar surface area (TPSA) is 83.8 Å². The maximum Gasteiger partial charge on any atom is 0.306 e. The molecule has 1 aliphatic carbocycles. The molecule has 0 amide bonds. The molecule has 0 aromatic carbocycles. The molecule has 1 rings (SSSR count). The molecule has 0 bridgehead atoms. The van der Waals surface area contributed by atoms with Crippen LogP contribution in [0.5, 0.6) is 0 Å². The molecule has 0 aromatic heterocycles. The highest BCUT2D eigenvalue weighted by Crippen LogP contribution is 2.37. The average Bonchev–Trinajstić information content (AvgIpc) is 2.40. The van der Waals surface area contributed by atoms with E-state index in [4.69, 9.17) is 9.84 Å². The van der Waals surface area contributed by atoms with Crippen LogP contribution in [0.25, 0.3) is 0 Å². The Bertz CT molecular complexity index is 399. The van der Waals surface area contributed by atoms with Crippen LogP contribution in [0.4, 0.5) is 0 Å². The van der Waals surface area contributed by atoms with Gasteiger partial charge in [-0.3, -0.25) is 9.59 Å². The summed E-state index contributed by atoms with van der Waals surface area (Å²) in [7, 11) is 0. The zero-order valence-corrected chi connectivity index (χ0v) is 13.0. The van der Waals surface area contributed by atoms with Crippen LogP contribution in [0, 0.1) is 11.8 Å². The van der Waals surface area contributed by atoms with Crippen LogP contribution in [0.2, 0.25) is 0 Å². The minimum absolute atomic E-state index is 0.273. The van der Waals surface area contributed by atoms with Crippen LogP contribution < -0.4 is 0 Å². The smallest absolute Gasteiger partial charge is 0.306 e. The maximum absolute atomic E-state index is 10.8. The first kappa shape index (κ1) is 17.7. The zero-order valence-electron chi connectivity index (χ0n) is 13.0. The van der Waals surface area contributed by atoms with E-state index in [1.807, 2.05) is 6.92 Å². The Kier molecular flexibility index (Phi) is 6.40. The summed E-state index contributed by atoms with van der Waals surface area (Å²) in [6, 6.07) is 0. The number of hydrogen-bond donors (Lipinski definition) is 2.